The second-order valence-corrected chi connectivity index (χ2v) is 4.20. The Bertz CT molecular complexity index is 474. The zero-order valence-corrected chi connectivity index (χ0v) is 9.66. The van der Waals surface area contributed by atoms with E-state index in [4.69, 9.17) is 0 Å². The minimum Gasteiger partial charge on any atom is -0.468 e. The van der Waals surface area contributed by atoms with Crippen molar-refractivity contribution in [3.63, 3.8) is 0 Å². The number of hydrogen-bond acceptors (Lipinski definition) is 3. The maximum Gasteiger partial charge on any atom is 0.316 e. The van der Waals surface area contributed by atoms with Crippen molar-refractivity contribution >= 4 is 11.8 Å². The molecule has 0 bridgehead atoms. The van der Waals surface area contributed by atoms with E-state index in [9.17, 15) is 9.59 Å². The van der Waals surface area contributed by atoms with Gasteiger partial charge in [0, 0.05) is 5.56 Å². The molecule has 0 amide bonds. The van der Waals surface area contributed by atoms with Crippen LogP contribution in [0.2, 0.25) is 0 Å². The van der Waals surface area contributed by atoms with E-state index in [1.165, 1.54) is 7.11 Å². The van der Waals surface area contributed by atoms with Gasteiger partial charge in [-0.15, -0.1) is 0 Å². The highest BCUT2D eigenvalue weighted by Crippen LogP contribution is 2.32. The van der Waals surface area contributed by atoms with Crippen molar-refractivity contribution in [3.8, 4) is 0 Å². The summed E-state index contributed by atoms with van der Waals surface area (Å²) in [7, 11) is 1.32. The van der Waals surface area contributed by atoms with Gasteiger partial charge in [0.1, 0.15) is 5.92 Å². The molecule has 1 aliphatic carbocycles. The van der Waals surface area contributed by atoms with Crippen LogP contribution in [-0.2, 0) is 16.0 Å². The first-order chi connectivity index (χ1) is 7.56. The summed E-state index contributed by atoms with van der Waals surface area (Å²) in [6, 6.07) is 3.91. The first-order valence-corrected chi connectivity index (χ1v) is 5.27. The van der Waals surface area contributed by atoms with Crippen LogP contribution in [0, 0.1) is 19.8 Å². The van der Waals surface area contributed by atoms with E-state index in [2.05, 4.69) is 4.74 Å². The molecule has 0 aliphatic heterocycles. The molecule has 0 saturated carbocycles. The van der Waals surface area contributed by atoms with Crippen LogP contribution >= 0.6 is 0 Å². The number of Topliss-reactive ketones (excluding diaryl/α,β-unsaturated/α-hetero) is 1. The Balaban J connectivity index is 2.50. The Hall–Kier alpha value is -1.64. The molecule has 16 heavy (non-hydrogen) atoms. The second kappa shape index (κ2) is 3.74. The van der Waals surface area contributed by atoms with Crippen molar-refractivity contribution in [3.05, 3.63) is 34.4 Å². The lowest BCUT2D eigenvalue weighted by Crippen LogP contribution is -2.22. The lowest BCUT2D eigenvalue weighted by atomic mass is 10.00. The predicted octanol–water partition coefficient (Wildman–Crippen LogP) is 1.83. The molecule has 0 aromatic heterocycles. The van der Waals surface area contributed by atoms with Crippen LogP contribution in [-0.4, -0.2) is 18.9 Å². The van der Waals surface area contributed by atoms with Gasteiger partial charge in [-0.05, 0) is 37.0 Å². The minimum atomic E-state index is -0.639. The predicted molar refractivity (Wildman–Crippen MR) is 59.5 cm³/mol. The summed E-state index contributed by atoms with van der Waals surface area (Å²) in [6.45, 7) is 3.86. The van der Waals surface area contributed by atoms with Crippen LogP contribution in [0.15, 0.2) is 12.1 Å². The first kappa shape index (κ1) is 10.9. The van der Waals surface area contributed by atoms with Gasteiger partial charge in [-0.1, -0.05) is 12.1 Å². The summed E-state index contributed by atoms with van der Waals surface area (Å²) < 4.78 is 4.66. The standard InChI is InChI=1S/C13H14O3/c1-7-4-5-8(2)11-9(7)6-10(12(11)14)13(15)16-3/h4-5,10H,6H2,1-3H3/t10-/m1/s1. The van der Waals surface area contributed by atoms with Gasteiger partial charge >= 0.3 is 5.97 Å². The zero-order valence-electron chi connectivity index (χ0n) is 9.66. The molecule has 3 nitrogen and oxygen atoms in total. The topological polar surface area (TPSA) is 43.4 Å². The molecular formula is C13H14O3. The molecule has 0 fully saturated rings. The Morgan fingerprint density at radius 3 is 2.50 bits per heavy atom. The number of methoxy groups -OCH3 is 1. The second-order valence-electron chi connectivity index (χ2n) is 4.20. The van der Waals surface area contributed by atoms with Crippen LogP contribution < -0.4 is 0 Å². The lowest BCUT2D eigenvalue weighted by Gasteiger charge is -2.04. The minimum absolute atomic E-state index is 0.0944. The molecule has 84 valence electrons. The molecule has 0 heterocycles. The van der Waals surface area contributed by atoms with Gasteiger partial charge in [0.2, 0.25) is 0 Å². The number of ether oxygens (including phenoxy) is 1. The maximum atomic E-state index is 12.1. The molecule has 2 rings (SSSR count). The molecule has 1 aliphatic rings. The molecule has 0 radical (unpaired) electrons. The molecule has 0 saturated heterocycles. The van der Waals surface area contributed by atoms with Crippen molar-refractivity contribution in [2.24, 2.45) is 5.92 Å². The van der Waals surface area contributed by atoms with Crippen LogP contribution in [0.5, 0.6) is 0 Å². The third-order valence-corrected chi connectivity index (χ3v) is 3.21. The summed E-state index contributed by atoms with van der Waals surface area (Å²) in [4.78, 5) is 23.5. The van der Waals surface area contributed by atoms with Crippen LogP contribution in [0.3, 0.4) is 0 Å². The van der Waals surface area contributed by atoms with Gasteiger partial charge in [0.15, 0.2) is 5.78 Å². The number of rotatable bonds is 1. The molecule has 0 spiro atoms. The van der Waals surface area contributed by atoms with Gasteiger partial charge in [-0.25, -0.2) is 0 Å². The fourth-order valence-electron chi connectivity index (χ4n) is 2.28. The quantitative estimate of drug-likeness (QED) is 0.533. The fraction of sp³-hybridized carbons (Fsp3) is 0.385. The number of ketones is 1. The van der Waals surface area contributed by atoms with E-state index >= 15 is 0 Å². The van der Waals surface area contributed by atoms with Gasteiger partial charge in [0.05, 0.1) is 7.11 Å². The molecule has 0 N–H and O–H groups in total. The lowest BCUT2D eigenvalue weighted by molar-refractivity contribution is -0.143. The zero-order chi connectivity index (χ0) is 11.9. The van der Waals surface area contributed by atoms with Crippen molar-refractivity contribution in [2.45, 2.75) is 20.3 Å². The Labute approximate surface area is 94.4 Å². The maximum absolute atomic E-state index is 12.1. The number of fused-ring (bicyclic) bond motifs is 1. The Kier molecular flexibility index (Phi) is 2.54. The van der Waals surface area contributed by atoms with Gasteiger partial charge in [-0.3, -0.25) is 9.59 Å². The van der Waals surface area contributed by atoms with Gasteiger partial charge in [0.25, 0.3) is 0 Å². The summed E-state index contributed by atoms with van der Waals surface area (Å²) >= 11 is 0. The molecule has 3 heteroatoms. The smallest absolute Gasteiger partial charge is 0.316 e. The number of benzene rings is 1. The average molecular weight is 218 g/mol. The van der Waals surface area contributed by atoms with E-state index in [0.717, 1.165) is 22.3 Å². The summed E-state index contributed by atoms with van der Waals surface area (Å²) in [5.74, 6) is -1.16. The normalized spacial score (nSPS) is 18.4. The summed E-state index contributed by atoms with van der Waals surface area (Å²) in [5.41, 5.74) is 3.73. The van der Waals surface area contributed by atoms with Gasteiger partial charge < -0.3 is 4.74 Å². The van der Waals surface area contributed by atoms with Crippen LogP contribution in [0.1, 0.15) is 27.0 Å². The largest absolute Gasteiger partial charge is 0.468 e. The third-order valence-electron chi connectivity index (χ3n) is 3.21. The van der Waals surface area contributed by atoms with Crippen molar-refractivity contribution < 1.29 is 14.3 Å². The molecule has 0 unspecified atom stereocenters. The summed E-state index contributed by atoms with van der Waals surface area (Å²) in [5, 5.41) is 0. The highest BCUT2D eigenvalue weighted by atomic mass is 16.5. The first-order valence-electron chi connectivity index (χ1n) is 5.27. The molecule has 1 atom stereocenters. The van der Waals surface area contributed by atoms with E-state index in [0.29, 0.717) is 6.42 Å². The van der Waals surface area contributed by atoms with Crippen molar-refractivity contribution in [1.82, 2.24) is 0 Å². The van der Waals surface area contributed by atoms with E-state index in [1.807, 2.05) is 26.0 Å². The van der Waals surface area contributed by atoms with E-state index < -0.39 is 11.9 Å². The van der Waals surface area contributed by atoms with Crippen molar-refractivity contribution in [1.29, 1.82) is 0 Å². The molecular weight excluding hydrogens is 204 g/mol. The summed E-state index contributed by atoms with van der Waals surface area (Å²) in [6.07, 6.45) is 0.481. The number of aryl methyl sites for hydroxylation is 2. The van der Waals surface area contributed by atoms with Crippen LogP contribution in [0.4, 0.5) is 0 Å². The Morgan fingerprint density at radius 2 is 1.94 bits per heavy atom. The van der Waals surface area contributed by atoms with E-state index in [-0.39, 0.29) is 5.78 Å². The van der Waals surface area contributed by atoms with E-state index in [1.54, 1.807) is 0 Å². The fourth-order valence-corrected chi connectivity index (χ4v) is 2.28. The number of hydrogen-bond donors (Lipinski definition) is 0. The average Bonchev–Trinajstić information content (AvgIpc) is 2.62. The third kappa shape index (κ3) is 1.43. The number of esters is 1. The van der Waals surface area contributed by atoms with Gasteiger partial charge in [-0.2, -0.15) is 0 Å². The highest BCUT2D eigenvalue weighted by Gasteiger charge is 2.38. The molecule has 1 aromatic carbocycles. The number of carbonyl (C=O) groups is 2. The molecule has 1 aromatic rings. The number of carbonyl (C=O) groups excluding carboxylic acids is 2. The highest BCUT2D eigenvalue weighted by molar-refractivity contribution is 6.13. The monoisotopic (exact) mass is 218 g/mol. The SMILES string of the molecule is COC(=O)[C@@H]1Cc2c(C)ccc(C)c2C1=O. The van der Waals surface area contributed by atoms with Crippen molar-refractivity contribution in [2.75, 3.05) is 7.11 Å². The Morgan fingerprint density at radius 1 is 1.31 bits per heavy atom. The van der Waals surface area contributed by atoms with Crippen LogP contribution in [0.25, 0.3) is 0 Å².